The van der Waals surface area contributed by atoms with Gasteiger partial charge in [0.25, 0.3) is 5.91 Å². The van der Waals surface area contributed by atoms with Crippen molar-refractivity contribution in [2.45, 2.75) is 37.1 Å². The normalized spacial score (nSPS) is 20.6. The number of likely N-dealkylation sites (tertiary alicyclic amines) is 1. The third-order valence-corrected chi connectivity index (χ3v) is 5.61. The predicted molar refractivity (Wildman–Crippen MR) is 98.9 cm³/mol. The van der Waals surface area contributed by atoms with Crippen molar-refractivity contribution in [2.24, 2.45) is 5.10 Å². The summed E-state index contributed by atoms with van der Waals surface area (Å²) in [6, 6.07) is -0.264. The van der Waals surface area contributed by atoms with E-state index < -0.39 is 68.5 Å². The second-order valence-electron chi connectivity index (χ2n) is 6.56. The smallest absolute Gasteiger partial charge is 0.328 e. The maximum absolute atomic E-state index is 12.1. The summed E-state index contributed by atoms with van der Waals surface area (Å²) in [5.74, 6) is -5.62. The lowest BCUT2D eigenvalue weighted by atomic mass is 9.92. The molecule has 6 N–H and O–H groups in total. The number of aromatic hydroxyl groups is 3. The number of carbonyl (C=O) groups is 3. The molecule has 0 bridgehead atoms. The first-order valence-electron chi connectivity index (χ1n) is 8.15. The van der Waals surface area contributed by atoms with E-state index in [0.717, 1.165) is 30.2 Å². The molecule has 1 aliphatic rings. The van der Waals surface area contributed by atoms with Gasteiger partial charge in [-0.2, -0.15) is 5.10 Å². The fourth-order valence-corrected chi connectivity index (χ4v) is 3.42. The monoisotopic (exact) mass is 429 g/mol. The number of phenolic OH excluding ortho intramolecular Hbond substituents is 3. The zero-order chi connectivity index (χ0) is 22.1. The van der Waals surface area contributed by atoms with E-state index in [1.165, 1.54) is 0 Å². The number of carbonyl (C=O) groups excluding carboxylic acids is 2. The SMILES string of the molecule is C[C@@H]1CC(=O)N1[C@@H](C(=O)O)[C@](C)(/C=N/NC(=O)c1ccc(O)c(O)c1O)S(=O)O. The summed E-state index contributed by atoms with van der Waals surface area (Å²) in [5, 5.41) is 41.4. The maximum Gasteiger partial charge on any atom is 0.328 e. The van der Waals surface area contributed by atoms with Crippen LogP contribution in [0.15, 0.2) is 17.2 Å². The number of aliphatic carboxylic acids is 1. The second kappa shape index (κ2) is 8.05. The molecule has 0 aromatic heterocycles. The molecule has 0 saturated carbocycles. The first kappa shape index (κ1) is 22.1. The lowest BCUT2D eigenvalue weighted by molar-refractivity contribution is -0.161. The van der Waals surface area contributed by atoms with Gasteiger partial charge in [0, 0.05) is 18.7 Å². The van der Waals surface area contributed by atoms with Crippen molar-refractivity contribution in [1.82, 2.24) is 10.3 Å². The topological polar surface area (TPSA) is 197 Å². The van der Waals surface area contributed by atoms with Crippen molar-refractivity contribution in [3.8, 4) is 17.2 Å². The molecule has 1 unspecified atom stereocenters. The van der Waals surface area contributed by atoms with Crippen LogP contribution in [-0.2, 0) is 20.7 Å². The number of hydrogen-bond donors (Lipinski definition) is 6. The highest BCUT2D eigenvalue weighted by Gasteiger charge is 2.53. The first-order valence-corrected chi connectivity index (χ1v) is 9.25. The third-order valence-electron chi connectivity index (χ3n) is 4.53. The number of carboxylic acids is 1. The Morgan fingerprint density at radius 3 is 2.45 bits per heavy atom. The molecule has 2 amide bonds. The number of benzene rings is 1. The molecule has 1 fully saturated rings. The minimum atomic E-state index is -2.81. The zero-order valence-electron chi connectivity index (χ0n) is 15.3. The molecule has 1 aliphatic heterocycles. The summed E-state index contributed by atoms with van der Waals surface area (Å²) in [4.78, 5) is 36.6. The van der Waals surface area contributed by atoms with Gasteiger partial charge in [0.05, 0.1) is 5.56 Å². The van der Waals surface area contributed by atoms with Gasteiger partial charge in [-0.25, -0.2) is 14.4 Å². The van der Waals surface area contributed by atoms with Crippen LogP contribution in [-0.4, -0.2) is 74.9 Å². The predicted octanol–water partition coefficient (Wildman–Crippen LogP) is -0.427. The number of rotatable bonds is 7. The van der Waals surface area contributed by atoms with Gasteiger partial charge in [0.1, 0.15) is 4.75 Å². The number of carboxylic acid groups (broad SMARTS) is 1. The van der Waals surface area contributed by atoms with Gasteiger partial charge in [-0.3, -0.25) is 9.59 Å². The Balaban J connectivity index is 2.29. The quantitative estimate of drug-likeness (QED) is 0.109. The number of β-lactam (4-membered cyclic amide) rings is 1. The number of nitrogens with one attached hydrogen (secondary N) is 1. The van der Waals surface area contributed by atoms with Crippen LogP contribution in [0.4, 0.5) is 0 Å². The van der Waals surface area contributed by atoms with Crippen molar-refractivity contribution in [3.05, 3.63) is 17.7 Å². The fourth-order valence-electron chi connectivity index (χ4n) is 2.87. The molecular weight excluding hydrogens is 410 g/mol. The van der Waals surface area contributed by atoms with Crippen molar-refractivity contribution < 1.29 is 43.6 Å². The van der Waals surface area contributed by atoms with Gasteiger partial charge in [0.15, 0.2) is 28.6 Å². The standard InChI is InChI=1S/C16H19N3O9S/c1-7-5-10(21)19(7)13(15(25)26)16(2,29(27)28)6-17-18-14(24)8-3-4-9(20)12(23)11(8)22/h3-4,6-7,13,20,22-23H,5H2,1-2H3,(H,18,24)(H,25,26)(H,27,28)/b17-6+/t7-,13+,16+/m1/s1. The highest BCUT2D eigenvalue weighted by molar-refractivity contribution is 7.81. The van der Waals surface area contributed by atoms with E-state index in [0.29, 0.717) is 0 Å². The van der Waals surface area contributed by atoms with Crippen LogP contribution >= 0.6 is 0 Å². The zero-order valence-corrected chi connectivity index (χ0v) is 16.1. The summed E-state index contributed by atoms with van der Waals surface area (Å²) in [6.45, 7) is 2.66. The highest BCUT2D eigenvalue weighted by Crippen LogP contribution is 2.37. The van der Waals surface area contributed by atoms with Crippen molar-refractivity contribution >= 4 is 35.1 Å². The van der Waals surface area contributed by atoms with E-state index in [1.807, 2.05) is 5.43 Å². The maximum atomic E-state index is 12.1. The third kappa shape index (κ3) is 4.00. The van der Waals surface area contributed by atoms with E-state index in [2.05, 4.69) is 5.10 Å². The van der Waals surface area contributed by atoms with E-state index in [1.54, 1.807) is 6.92 Å². The van der Waals surface area contributed by atoms with Crippen LogP contribution in [0.25, 0.3) is 0 Å². The Hall–Kier alpha value is -3.19. The Morgan fingerprint density at radius 2 is 1.97 bits per heavy atom. The van der Waals surface area contributed by atoms with Crippen LogP contribution in [0.3, 0.4) is 0 Å². The fraction of sp³-hybridized carbons (Fsp3) is 0.375. The van der Waals surface area contributed by atoms with Gasteiger partial charge < -0.3 is 29.9 Å². The molecule has 29 heavy (non-hydrogen) atoms. The Kier molecular flexibility index (Phi) is 6.13. The molecule has 1 aromatic rings. The minimum absolute atomic E-state index is 0.0927. The van der Waals surface area contributed by atoms with E-state index in [-0.39, 0.29) is 6.42 Å². The van der Waals surface area contributed by atoms with E-state index in [9.17, 15) is 43.6 Å². The van der Waals surface area contributed by atoms with Crippen LogP contribution in [0.2, 0.25) is 0 Å². The van der Waals surface area contributed by atoms with E-state index >= 15 is 0 Å². The Bertz CT molecular complexity index is 919. The number of nitrogens with zero attached hydrogens (tertiary/aromatic N) is 2. The summed E-state index contributed by atoms with van der Waals surface area (Å²) < 4.78 is 19.5. The minimum Gasteiger partial charge on any atom is -0.504 e. The molecule has 12 nitrogen and oxygen atoms in total. The van der Waals surface area contributed by atoms with Gasteiger partial charge in [-0.05, 0) is 26.0 Å². The van der Waals surface area contributed by atoms with Crippen LogP contribution in [0, 0.1) is 0 Å². The number of hydrazone groups is 1. The van der Waals surface area contributed by atoms with Crippen molar-refractivity contribution in [2.75, 3.05) is 0 Å². The molecule has 158 valence electrons. The molecule has 0 radical (unpaired) electrons. The molecule has 1 aromatic carbocycles. The average molecular weight is 429 g/mol. The molecule has 13 heteroatoms. The van der Waals surface area contributed by atoms with Gasteiger partial charge in [-0.1, -0.05) is 0 Å². The molecule has 0 spiro atoms. The summed E-state index contributed by atoms with van der Waals surface area (Å²) in [7, 11) is 0. The number of hydrogen-bond acceptors (Lipinski definition) is 8. The van der Waals surface area contributed by atoms with Crippen molar-refractivity contribution in [3.63, 3.8) is 0 Å². The van der Waals surface area contributed by atoms with Gasteiger partial charge >= 0.3 is 5.97 Å². The van der Waals surface area contributed by atoms with Crippen LogP contribution in [0.1, 0.15) is 30.6 Å². The van der Waals surface area contributed by atoms with Gasteiger partial charge in [0.2, 0.25) is 11.7 Å². The van der Waals surface area contributed by atoms with Crippen LogP contribution < -0.4 is 5.43 Å². The summed E-state index contributed by atoms with van der Waals surface area (Å²) in [6.07, 6.45) is 0.810. The number of phenols is 3. The lowest BCUT2D eigenvalue weighted by Gasteiger charge is -2.46. The second-order valence-corrected chi connectivity index (χ2v) is 7.93. The van der Waals surface area contributed by atoms with Gasteiger partial charge in [-0.15, -0.1) is 0 Å². The number of amides is 2. The molecule has 1 saturated heterocycles. The first-order chi connectivity index (χ1) is 13.4. The summed E-state index contributed by atoms with van der Waals surface area (Å²) in [5.41, 5.74) is 1.46. The van der Waals surface area contributed by atoms with E-state index in [4.69, 9.17) is 0 Å². The van der Waals surface area contributed by atoms with Crippen molar-refractivity contribution in [1.29, 1.82) is 0 Å². The Labute approximate surface area is 166 Å². The Morgan fingerprint density at radius 1 is 1.34 bits per heavy atom. The molecule has 2 rings (SSSR count). The molecule has 0 aliphatic carbocycles. The highest BCUT2D eigenvalue weighted by atomic mass is 32.2. The largest absolute Gasteiger partial charge is 0.504 e. The van der Waals surface area contributed by atoms with Crippen LogP contribution in [0.5, 0.6) is 17.2 Å². The summed E-state index contributed by atoms with van der Waals surface area (Å²) >= 11 is -2.81. The molecule has 1 heterocycles. The molecule has 4 atom stereocenters. The average Bonchev–Trinajstić information content (AvgIpc) is 2.63. The lowest BCUT2D eigenvalue weighted by Crippen LogP contribution is -2.67. The molecular formula is C16H19N3O9S.